The number of hydrogen-bond acceptors (Lipinski definition) is 1. The Hall–Kier alpha value is -1.06. The van der Waals surface area contributed by atoms with Crippen molar-refractivity contribution in [3.05, 3.63) is 64.9 Å². The minimum atomic E-state index is -0.464. The largest absolute Gasteiger partial charge is 0.493 e. The van der Waals surface area contributed by atoms with Crippen LogP contribution in [0.2, 0.25) is 5.02 Å². The zero-order valence-corrected chi connectivity index (χ0v) is 12.5. The Morgan fingerprint density at radius 3 is 2.53 bits per heavy atom. The summed E-state index contributed by atoms with van der Waals surface area (Å²) in [5.41, 5.74) is 1.19. The molecule has 0 saturated carbocycles. The molecule has 2 aromatic rings. The molecule has 0 aliphatic carbocycles. The van der Waals surface area contributed by atoms with Crippen LogP contribution in [0.25, 0.3) is 0 Å². The quantitative estimate of drug-likeness (QED) is 0.691. The van der Waals surface area contributed by atoms with Gasteiger partial charge in [-0.1, -0.05) is 57.9 Å². The number of ether oxygens (including phenoxy) is 1. The fourth-order valence-electron chi connectivity index (χ4n) is 1.72. The van der Waals surface area contributed by atoms with Crippen molar-refractivity contribution in [2.75, 3.05) is 11.9 Å². The van der Waals surface area contributed by atoms with Crippen LogP contribution in [0.1, 0.15) is 11.5 Å². The summed E-state index contributed by atoms with van der Waals surface area (Å²) >= 11 is 9.11. The third-order valence-electron chi connectivity index (χ3n) is 2.80. The molecule has 0 heterocycles. The van der Waals surface area contributed by atoms with E-state index in [1.807, 2.05) is 18.2 Å². The highest BCUT2D eigenvalue weighted by Gasteiger charge is 2.11. The molecule has 1 unspecified atom stereocenters. The van der Waals surface area contributed by atoms with E-state index >= 15 is 0 Å². The predicted molar refractivity (Wildman–Crippen MR) is 79.9 cm³/mol. The van der Waals surface area contributed by atoms with Gasteiger partial charge in [0.2, 0.25) is 0 Å². The molecule has 0 aromatic heterocycles. The first-order valence-electron chi connectivity index (χ1n) is 5.89. The molecular formula is C15H13BrClFO. The van der Waals surface area contributed by atoms with Crippen molar-refractivity contribution >= 4 is 27.5 Å². The van der Waals surface area contributed by atoms with Crippen molar-refractivity contribution in [3.8, 4) is 5.75 Å². The summed E-state index contributed by atoms with van der Waals surface area (Å²) in [4.78, 5) is 0. The lowest BCUT2D eigenvalue weighted by Crippen LogP contribution is -2.11. The van der Waals surface area contributed by atoms with Gasteiger partial charge in [-0.2, -0.15) is 0 Å². The van der Waals surface area contributed by atoms with Crippen LogP contribution in [0.15, 0.2) is 48.5 Å². The summed E-state index contributed by atoms with van der Waals surface area (Å²) in [6.07, 6.45) is 0. The highest BCUT2D eigenvalue weighted by atomic mass is 79.9. The molecular weight excluding hydrogens is 331 g/mol. The molecule has 1 nitrogen and oxygen atoms in total. The van der Waals surface area contributed by atoms with Crippen molar-refractivity contribution in [3.63, 3.8) is 0 Å². The van der Waals surface area contributed by atoms with Gasteiger partial charge in [-0.15, -0.1) is 0 Å². The van der Waals surface area contributed by atoms with Crippen LogP contribution in [-0.2, 0) is 0 Å². The molecule has 100 valence electrons. The maximum atomic E-state index is 13.3. The second-order valence-corrected chi connectivity index (χ2v) is 5.20. The molecule has 19 heavy (non-hydrogen) atoms. The van der Waals surface area contributed by atoms with Gasteiger partial charge in [0.15, 0.2) is 0 Å². The van der Waals surface area contributed by atoms with Gasteiger partial charge in [0.25, 0.3) is 0 Å². The van der Waals surface area contributed by atoms with E-state index in [0.717, 1.165) is 5.33 Å². The summed E-state index contributed by atoms with van der Waals surface area (Å²) in [6, 6.07) is 14.5. The van der Waals surface area contributed by atoms with E-state index in [1.54, 1.807) is 6.07 Å². The van der Waals surface area contributed by atoms with Gasteiger partial charge in [-0.05, 0) is 17.7 Å². The minimum Gasteiger partial charge on any atom is -0.493 e. The van der Waals surface area contributed by atoms with Gasteiger partial charge in [0, 0.05) is 17.3 Å². The Labute approximate surface area is 125 Å². The molecule has 2 aromatic carbocycles. The lowest BCUT2D eigenvalue weighted by Gasteiger charge is -2.15. The fourth-order valence-corrected chi connectivity index (χ4v) is 2.40. The van der Waals surface area contributed by atoms with Crippen molar-refractivity contribution in [2.24, 2.45) is 0 Å². The van der Waals surface area contributed by atoms with Gasteiger partial charge in [0.1, 0.15) is 11.6 Å². The van der Waals surface area contributed by atoms with Crippen LogP contribution in [0.3, 0.4) is 0 Å². The number of alkyl halides is 1. The van der Waals surface area contributed by atoms with Crippen molar-refractivity contribution in [2.45, 2.75) is 5.92 Å². The van der Waals surface area contributed by atoms with Crippen LogP contribution >= 0.6 is 27.5 Å². The monoisotopic (exact) mass is 342 g/mol. The average Bonchev–Trinajstić information content (AvgIpc) is 2.44. The van der Waals surface area contributed by atoms with Gasteiger partial charge < -0.3 is 4.74 Å². The molecule has 0 spiro atoms. The van der Waals surface area contributed by atoms with Crippen LogP contribution in [-0.4, -0.2) is 11.9 Å². The third kappa shape index (κ3) is 3.95. The van der Waals surface area contributed by atoms with Crippen molar-refractivity contribution < 1.29 is 9.13 Å². The Morgan fingerprint density at radius 2 is 1.89 bits per heavy atom. The summed E-state index contributed by atoms with van der Waals surface area (Å²) in [5, 5.41) is 0.889. The Morgan fingerprint density at radius 1 is 1.16 bits per heavy atom. The SMILES string of the molecule is Fc1cc(OCC(CBr)c2ccccc2)ccc1Cl. The van der Waals surface area contributed by atoms with Crippen LogP contribution < -0.4 is 4.74 Å². The maximum Gasteiger partial charge on any atom is 0.145 e. The molecule has 0 N–H and O–H groups in total. The van der Waals surface area contributed by atoms with E-state index in [-0.39, 0.29) is 10.9 Å². The smallest absolute Gasteiger partial charge is 0.145 e. The van der Waals surface area contributed by atoms with Crippen LogP contribution in [0.5, 0.6) is 5.75 Å². The standard InChI is InChI=1S/C15H13BrClFO/c16-9-12(11-4-2-1-3-5-11)10-19-13-6-7-14(17)15(18)8-13/h1-8,12H,9-10H2. The topological polar surface area (TPSA) is 9.23 Å². The van der Waals surface area contributed by atoms with Gasteiger partial charge in [-0.25, -0.2) is 4.39 Å². The molecule has 0 radical (unpaired) electrons. The molecule has 0 aliphatic rings. The zero-order chi connectivity index (χ0) is 13.7. The van der Waals surface area contributed by atoms with E-state index in [9.17, 15) is 4.39 Å². The van der Waals surface area contributed by atoms with Crippen molar-refractivity contribution in [1.82, 2.24) is 0 Å². The summed E-state index contributed by atoms with van der Waals surface area (Å²) in [7, 11) is 0. The minimum absolute atomic E-state index is 0.104. The second kappa shape index (κ2) is 6.92. The molecule has 0 aliphatic heterocycles. The number of halogens is 3. The zero-order valence-electron chi connectivity index (χ0n) is 10.2. The molecule has 0 fully saturated rings. The van der Waals surface area contributed by atoms with E-state index in [4.69, 9.17) is 16.3 Å². The predicted octanol–water partition coefficient (Wildman–Crippen LogP) is 5.04. The summed E-state index contributed by atoms with van der Waals surface area (Å²) in [5.74, 6) is 0.248. The van der Waals surface area contributed by atoms with E-state index in [2.05, 4.69) is 28.1 Å². The highest BCUT2D eigenvalue weighted by molar-refractivity contribution is 9.09. The normalized spacial score (nSPS) is 12.2. The Balaban J connectivity index is 2.02. The average molecular weight is 344 g/mol. The van der Waals surface area contributed by atoms with E-state index in [1.165, 1.54) is 17.7 Å². The third-order valence-corrected chi connectivity index (χ3v) is 3.89. The lowest BCUT2D eigenvalue weighted by atomic mass is 10.0. The Kier molecular flexibility index (Phi) is 5.23. The number of rotatable bonds is 5. The Bertz CT molecular complexity index is 533. The molecule has 1 atom stereocenters. The highest BCUT2D eigenvalue weighted by Crippen LogP contribution is 2.23. The molecule has 0 saturated heterocycles. The van der Waals surface area contributed by atoms with Crippen LogP contribution in [0.4, 0.5) is 4.39 Å². The first kappa shape index (κ1) is 14.4. The fraction of sp³-hybridized carbons (Fsp3) is 0.200. The second-order valence-electron chi connectivity index (χ2n) is 4.15. The van der Waals surface area contributed by atoms with Crippen LogP contribution in [0, 0.1) is 5.82 Å². The number of hydrogen-bond donors (Lipinski definition) is 0. The molecule has 2 rings (SSSR count). The van der Waals surface area contributed by atoms with Gasteiger partial charge >= 0.3 is 0 Å². The summed E-state index contributed by atoms with van der Waals surface area (Å²) < 4.78 is 18.9. The van der Waals surface area contributed by atoms with Gasteiger partial charge in [-0.3, -0.25) is 0 Å². The maximum absolute atomic E-state index is 13.3. The molecule has 0 amide bonds. The first-order valence-corrected chi connectivity index (χ1v) is 7.39. The lowest BCUT2D eigenvalue weighted by molar-refractivity contribution is 0.296. The van der Waals surface area contributed by atoms with E-state index in [0.29, 0.717) is 12.4 Å². The van der Waals surface area contributed by atoms with E-state index < -0.39 is 5.82 Å². The first-order chi connectivity index (χ1) is 9.20. The van der Waals surface area contributed by atoms with Crippen molar-refractivity contribution in [1.29, 1.82) is 0 Å². The van der Waals surface area contributed by atoms with Gasteiger partial charge in [0.05, 0.1) is 11.6 Å². The molecule has 4 heteroatoms. The summed E-state index contributed by atoms with van der Waals surface area (Å²) in [6.45, 7) is 0.482. The number of benzene rings is 2. The molecule has 0 bridgehead atoms.